The second kappa shape index (κ2) is 9.28. The Bertz CT molecular complexity index is 255. The number of nitrogens with zero attached hydrogens (tertiary/aromatic N) is 1. The lowest BCUT2D eigenvalue weighted by Gasteiger charge is -2.37. The van der Waals surface area contributed by atoms with Gasteiger partial charge in [0, 0.05) is 32.8 Å². The summed E-state index contributed by atoms with van der Waals surface area (Å²) < 4.78 is 4.98. The molecule has 112 valence electrons. The molecule has 0 aromatic rings. The highest BCUT2D eigenvalue weighted by atomic mass is 16.5. The van der Waals surface area contributed by atoms with Crippen LogP contribution in [0, 0.1) is 0 Å². The number of methoxy groups -OCH3 is 1. The molecule has 2 unspecified atom stereocenters. The third-order valence-corrected chi connectivity index (χ3v) is 3.81. The van der Waals surface area contributed by atoms with Crippen molar-refractivity contribution in [1.82, 2.24) is 15.5 Å². The van der Waals surface area contributed by atoms with Crippen LogP contribution in [0.1, 0.15) is 33.1 Å². The van der Waals surface area contributed by atoms with Crippen molar-refractivity contribution in [3.63, 3.8) is 0 Å². The molecular weight excluding hydrogens is 242 g/mol. The summed E-state index contributed by atoms with van der Waals surface area (Å²) in [6.07, 6.45) is 3.25. The summed E-state index contributed by atoms with van der Waals surface area (Å²) in [5.74, 6) is 0.128. The van der Waals surface area contributed by atoms with E-state index in [9.17, 15) is 4.79 Å². The van der Waals surface area contributed by atoms with E-state index < -0.39 is 0 Å². The van der Waals surface area contributed by atoms with E-state index in [1.807, 2.05) is 6.92 Å². The van der Waals surface area contributed by atoms with E-state index in [4.69, 9.17) is 4.74 Å². The Balaban J connectivity index is 2.38. The van der Waals surface area contributed by atoms with Gasteiger partial charge in [-0.05, 0) is 39.3 Å². The van der Waals surface area contributed by atoms with Crippen LogP contribution in [0.25, 0.3) is 0 Å². The van der Waals surface area contributed by atoms with Crippen molar-refractivity contribution in [2.45, 2.75) is 45.2 Å². The standard InChI is InChI=1S/C14H29N3O2/c1-4-17(13-7-5-8-15-11-13)12(2)14(18)16-9-6-10-19-3/h12-13,15H,4-11H2,1-3H3,(H,16,18). The van der Waals surface area contributed by atoms with E-state index in [-0.39, 0.29) is 11.9 Å². The number of hydrogen-bond donors (Lipinski definition) is 2. The fourth-order valence-corrected chi connectivity index (χ4v) is 2.69. The Labute approximate surface area is 117 Å². The fourth-order valence-electron chi connectivity index (χ4n) is 2.69. The average Bonchev–Trinajstić information content (AvgIpc) is 2.45. The SMILES string of the molecule is CCN(C1CCCNC1)C(C)C(=O)NCCCOC. The number of ether oxygens (including phenoxy) is 1. The highest BCUT2D eigenvalue weighted by molar-refractivity contribution is 5.81. The summed E-state index contributed by atoms with van der Waals surface area (Å²) in [4.78, 5) is 14.4. The van der Waals surface area contributed by atoms with Gasteiger partial charge in [0.25, 0.3) is 0 Å². The molecule has 2 atom stereocenters. The van der Waals surface area contributed by atoms with Crippen molar-refractivity contribution >= 4 is 5.91 Å². The topological polar surface area (TPSA) is 53.6 Å². The van der Waals surface area contributed by atoms with Crippen molar-refractivity contribution in [3.8, 4) is 0 Å². The molecule has 1 aliphatic rings. The second-order valence-electron chi connectivity index (χ2n) is 5.14. The first-order valence-electron chi connectivity index (χ1n) is 7.43. The Kier molecular flexibility index (Phi) is 8.02. The number of hydrogen-bond acceptors (Lipinski definition) is 4. The number of rotatable bonds is 8. The third kappa shape index (κ3) is 5.47. The van der Waals surface area contributed by atoms with Crippen molar-refractivity contribution in [2.24, 2.45) is 0 Å². The molecule has 0 radical (unpaired) electrons. The largest absolute Gasteiger partial charge is 0.385 e. The predicted molar refractivity (Wildman–Crippen MR) is 77.2 cm³/mol. The molecule has 0 aromatic carbocycles. The van der Waals surface area contributed by atoms with Gasteiger partial charge >= 0.3 is 0 Å². The Morgan fingerprint density at radius 3 is 2.95 bits per heavy atom. The summed E-state index contributed by atoms with van der Waals surface area (Å²) in [5.41, 5.74) is 0. The van der Waals surface area contributed by atoms with Gasteiger partial charge in [-0.1, -0.05) is 6.92 Å². The Morgan fingerprint density at radius 2 is 2.37 bits per heavy atom. The van der Waals surface area contributed by atoms with Gasteiger partial charge in [0.2, 0.25) is 5.91 Å². The van der Waals surface area contributed by atoms with Crippen LogP contribution in [0.15, 0.2) is 0 Å². The molecule has 1 amide bonds. The molecule has 1 heterocycles. The van der Waals surface area contributed by atoms with Crippen LogP contribution < -0.4 is 10.6 Å². The summed E-state index contributed by atoms with van der Waals surface area (Å²) in [5, 5.41) is 6.40. The third-order valence-electron chi connectivity index (χ3n) is 3.81. The predicted octanol–water partition coefficient (Wildman–Crippen LogP) is 0.602. The number of nitrogens with one attached hydrogen (secondary N) is 2. The molecule has 2 N–H and O–H groups in total. The zero-order valence-electron chi connectivity index (χ0n) is 12.6. The molecular formula is C14H29N3O2. The first kappa shape index (κ1) is 16.4. The molecule has 1 saturated heterocycles. The molecule has 5 heteroatoms. The molecule has 1 aliphatic heterocycles. The minimum Gasteiger partial charge on any atom is -0.385 e. The van der Waals surface area contributed by atoms with Gasteiger partial charge in [-0.2, -0.15) is 0 Å². The maximum atomic E-state index is 12.1. The molecule has 0 aromatic heterocycles. The summed E-state index contributed by atoms with van der Waals surface area (Å²) in [7, 11) is 1.68. The van der Waals surface area contributed by atoms with Crippen molar-refractivity contribution < 1.29 is 9.53 Å². The summed E-state index contributed by atoms with van der Waals surface area (Å²) >= 11 is 0. The summed E-state index contributed by atoms with van der Waals surface area (Å²) in [6, 6.07) is 0.427. The van der Waals surface area contributed by atoms with Crippen LogP contribution in [0.3, 0.4) is 0 Å². The zero-order valence-corrected chi connectivity index (χ0v) is 12.6. The highest BCUT2D eigenvalue weighted by Crippen LogP contribution is 2.13. The van der Waals surface area contributed by atoms with Crippen LogP contribution in [-0.2, 0) is 9.53 Å². The fraction of sp³-hybridized carbons (Fsp3) is 0.929. The first-order valence-corrected chi connectivity index (χ1v) is 7.43. The smallest absolute Gasteiger partial charge is 0.237 e. The first-order chi connectivity index (χ1) is 9.20. The van der Waals surface area contributed by atoms with Crippen molar-refractivity contribution in [2.75, 3.05) is 39.9 Å². The lowest BCUT2D eigenvalue weighted by Crippen LogP contribution is -2.54. The van der Waals surface area contributed by atoms with Gasteiger partial charge in [-0.25, -0.2) is 0 Å². The molecule has 0 bridgehead atoms. The van der Waals surface area contributed by atoms with E-state index in [1.54, 1.807) is 7.11 Å². The van der Waals surface area contributed by atoms with E-state index in [2.05, 4.69) is 22.5 Å². The number of carbonyl (C=O) groups excluding carboxylic acids is 1. The molecule has 0 saturated carbocycles. The molecule has 1 rings (SSSR count). The Hall–Kier alpha value is -0.650. The van der Waals surface area contributed by atoms with Gasteiger partial charge in [0.1, 0.15) is 0 Å². The van der Waals surface area contributed by atoms with Gasteiger partial charge < -0.3 is 15.4 Å². The van der Waals surface area contributed by atoms with Gasteiger partial charge in [0.15, 0.2) is 0 Å². The lowest BCUT2D eigenvalue weighted by atomic mass is 10.0. The van der Waals surface area contributed by atoms with Crippen LogP contribution in [0.4, 0.5) is 0 Å². The van der Waals surface area contributed by atoms with Crippen molar-refractivity contribution in [3.05, 3.63) is 0 Å². The van der Waals surface area contributed by atoms with Gasteiger partial charge in [0.05, 0.1) is 6.04 Å². The van der Waals surface area contributed by atoms with Gasteiger partial charge in [-0.3, -0.25) is 9.69 Å². The minimum absolute atomic E-state index is 0.0579. The van der Waals surface area contributed by atoms with E-state index in [0.717, 1.165) is 26.1 Å². The van der Waals surface area contributed by atoms with Gasteiger partial charge in [-0.15, -0.1) is 0 Å². The highest BCUT2D eigenvalue weighted by Gasteiger charge is 2.27. The average molecular weight is 271 g/mol. The van der Waals surface area contributed by atoms with E-state index in [0.29, 0.717) is 19.2 Å². The number of amides is 1. The van der Waals surface area contributed by atoms with Crippen LogP contribution in [-0.4, -0.2) is 62.8 Å². The minimum atomic E-state index is -0.0579. The zero-order chi connectivity index (χ0) is 14.1. The molecule has 5 nitrogen and oxygen atoms in total. The number of piperidine rings is 1. The van der Waals surface area contributed by atoms with E-state index >= 15 is 0 Å². The maximum absolute atomic E-state index is 12.1. The quantitative estimate of drug-likeness (QED) is 0.635. The molecule has 19 heavy (non-hydrogen) atoms. The number of carbonyl (C=O) groups is 1. The van der Waals surface area contributed by atoms with Crippen LogP contribution >= 0.6 is 0 Å². The number of likely N-dealkylation sites (N-methyl/N-ethyl adjacent to an activating group) is 1. The second-order valence-corrected chi connectivity index (χ2v) is 5.14. The molecule has 0 spiro atoms. The molecule has 0 aliphatic carbocycles. The Morgan fingerprint density at radius 1 is 1.58 bits per heavy atom. The van der Waals surface area contributed by atoms with E-state index in [1.165, 1.54) is 12.8 Å². The molecule has 1 fully saturated rings. The van der Waals surface area contributed by atoms with Crippen LogP contribution in [0.2, 0.25) is 0 Å². The van der Waals surface area contributed by atoms with Crippen molar-refractivity contribution in [1.29, 1.82) is 0 Å². The maximum Gasteiger partial charge on any atom is 0.237 e. The normalized spacial score (nSPS) is 21.4. The monoisotopic (exact) mass is 271 g/mol. The van der Waals surface area contributed by atoms with Crippen LogP contribution in [0.5, 0.6) is 0 Å². The lowest BCUT2D eigenvalue weighted by molar-refractivity contribution is -0.126. The summed E-state index contributed by atoms with van der Waals surface area (Å²) in [6.45, 7) is 8.53.